The fourth-order valence-corrected chi connectivity index (χ4v) is 5.70. The molecule has 1 aliphatic rings. The molecule has 0 aliphatic carbocycles. The van der Waals surface area contributed by atoms with Crippen LogP contribution in [0.4, 0.5) is 5.88 Å². The van der Waals surface area contributed by atoms with E-state index in [4.69, 9.17) is 4.42 Å². The van der Waals surface area contributed by atoms with Gasteiger partial charge in [0.1, 0.15) is 6.07 Å². The molecule has 0 radical (unpaired) electrons. The van der Waals surface area contributed by atoms with Crippen LogP contribution in [0.5, 0.6) is 0 Å². The number of fused-ring (bicyclic) bond motifs is 1. The van der Waals surface area contributed by atoms with Crippen molar-refractivity contribution in [3.8, 4) is 17.5 Å². The van der Waals surface area contributed by atoms with E-state index in [0.717, 1.165) is 31.6 Å². The number of hydrogen-bond donors (Lipinski definition) is 1. The predicted molar refractivity (Wildman–Crippen MR) is 135 cm³/mol. The number of nitrogens with zero attached hydrogens (tertiary/aromatic N) is 4. The molecule has 2 heterocycles. The molecule has 9 heteroatoms. The lowest BCUT2D eigenvalue weighted by molar-refractivity contribution is 0.302. The molecule has 184 valence electrons. The fourth-order valence-electron chi connectivity index (χ4n) is 4.28. The second kappa shape index (κ2) is 11.0. The van der Waals surface area contributed by atoms with E-state index in [1.54, 1.807) is 24.3 Å². The van der Waals surface area contributed by atoms with Gasteiger partial charge in [0.25, 0.3) is 0 Å². The number of nitriles is 1. The van der Waals surface area contributed by atoms with Crippen molar-refractivity contribution < 1.29 is 12.8 Å². The molecule has 2 aromatic carbocycles. The van der Waals surface area contributed by atoms with Gasteiger partial charge in [0, 0.05) is 25.2 Å². The molecule has 1 aliphatic heterocycles. The zero-order chi connectivity index (χ0) is 24.8. The molecule has 0 saturated heterocycles. The van der Waals surface area contributed by atoms with E-state index in [1.165, 1.54) is 9.87 Å². The molecule has 0 amide bonds. The molecule has 0 saturated carbocycles. The third-order valence-corrected chi connectivity index (χ3v) is 8.26. The number of benzene rings is 2. The number of anilines is 1. The van der Waals surface area contributed by atoms with Gasteiger partial charge >= 0.3 is 0 Å². The molecule has 0 fully saturated rings. The SMILES string of the molecule is CCN(CC)CCCNc1oc(-c2ccc(S(=O)(=O)N3CCc4ccccc4C3)cc2)nc1C#N. The summed E-state index contributed by atoms with van der Waals surface area (Å²) in [7, 11) is -3.62. The second-order valence-corrected chi connectivity index (χ2v) is 10.4. The molecule has 1 N–H and O–H groups in total. The molecule has 4 rings (SSSR count). The molecule has 0 atom stereocenters. The second-order valence-electron chi connectivity index (χ2n) is 8.50. The third-order valence-electron chi connectivity index (χ3n) is 6.40. The summed E-state index contributed by atoms with van der Waals surface area (Å²) >= 11 is 0. The first kappa shape index (κ1) is 24.9. The molecular weight excluding hydrogens is 462 g/mol. The summed E-state index contributed by atoms with van der Waals surface area (Å²) in [6, 6.07) is 16.5. The van der Waals surface area contributed by atoms with Gasteiger partial charge in [-0.1, -0.05) is 38.1 Å². The molecular formula is C26H31N5O3S. The minimum absolute atomic E-state index is 0.187. The first-order chi connectivity index (χ1) is 17.0. The molecule has 1 aromatic heterocycles. The number of oxazole rings is 1. The van der Waals surface area contributed by atoms with Crippen LogP contribution >= 0.6 is 0 Å². The van der Waals surface area contributed by atoms with Gasteiger partial charge in [-0.3, -0.25) is 0 Å². The van der Waals surface area contributed by atoms with Crippen LogP contribution in [0.15, 0.2) is 57.8 Å². The van der Waals surface area contributed by atoms with Crippen molar-refractivity contribution in [1.29, 1.82) is 5.26 Å². The number of rotatable bonds is 10. The molecule has 0 spiro atoms. The lowest BCUT2D eigenvalue weighted by Gasteiger charge is -2.28. The topological polar surface area (TPSA) is 102 Å². The van der Waals surface area contributed by atoms with Gasteiger partial charge in [-0.15, -0.1) is 0 Å². The number of sulfonamides is 1. The molecule has 8 nitrogen and oxygen atoms in total. The Balaban J connectivity index is 1.44. The number of nitrogens with one attached hydrogen (secondary N) is 1. The van der Waals surface area contributed by atoms with Gasteiger partial charge < -0.3 is 14.6 Å². The Kier molecular flexibility index (Phi) is 7.86. The average Bonchev–Trinajstić information content (AvgIpc) is 3.31. The van der Waals surface area contributed by atoms with Crippen LogP contribution in [0, 0.1) is 11.3 Å². The zero-order valence-corrected chi connectivity index (χ0v) is 21.0. The van der Waals surface area contributed by atoms with E-state index in [9.17, 15) is 13.7 Å². The lowest BCUT2D eigenvalue weighted by atomic mass is 10.0. The van der Waals surface area contributed by atoms with E-state index in [-0.39, 0.29) is 16.5 Å². The predicted octanol–water partition coefficient (Wildman–Crippen LogP) is 4.10. The quantitative estimate of drug-likeness (QED) is 0.424. The Morgan fingerprint density at radius 1 is 1.11 bits per heavy atom. The summed E-state index contributed by atoms with van der Waals surface area (Å²) in [4.78, 5) is 6.85. The average molecular weight is 494 g/mol. The van der Waals surface area contributed by atoms with Crippen molar-refractivity contribution in [2.75, 3.05) is 38.0 Å². The summed E-state index contributed by atoms with van der Waals surface area (Å²) in [5, 5.41) is 12.6. The Bertz CT molecular complexity index is 1290. The van der Waals surface area contributed by atoms with Crippen LogP contribution in [0.3, 0.4) is 0 Å². The van der Waals surface area contributed by atoms with Crippen LogP contribution < -0.4 is 5.32 Å². The molecule has 0 bridgehead atoms. The molecule has 35 heavy (non-hydrogen) atoms. The Labute approximate surface area is 207 Å². The summed E-state index contributed by atoms with van der Waals surface area (Å²) in [6.45, 7) is 8.72. The van der Waals surface area contributed by atoms with Crippen molar-refractivity contribution in [2.45, 2.75) is 38.1 Å². The first-order valence-electron chi connectivity index (χ1n) is 12.0. The van der Waals surface area contributed by atoms with Crippen LogP contribution in [0.25, 0.3) is 11.5 Å². The van der Waals surface area contributed by atoms with E-state index in [2.05, 4.69) is 35.1 Å². The summed E-state index contributed by atoms with van der Waals surface area (Å²) < 4.78 is 33.8. The third kappa shape index (κ3) is 5.56. The maximum absolute atomic E-state index is 13.2. The number of aromatic nitrogens is 1. The van der Waals surface area contributed by atoms with Gasteiger partial charge in [0.15, 0.2) is 0 Å². The van der Waals surface area contributed by atoms with Crippen LogP contribution in [0.2, 0.25) is 0 Å². The highest BCUT2D eigenvalue weighted by molar-refractivity contribution is 7.89. The van der Waals surface area contributed by atoms with E-state index in [0.29, 0.717) is 37.5 Å². The van der Waals surface area contributed by atoms with Crippen LogP contribution in [-0.2, 0) is 23.0 Å². The Hall–Kier alpha value is -3.19. The maximum Gasteiger partial charge on any atom is 0.243 e. The minimum atomic E-state index is -3.62. The van der Waals surface area contributed by atoms with E-state index >= 15 is 0 Å². The number of hydrogen-bond acceptors (Lipinski definition) is 7. The van der Waals surface area contributed by atoms with Crippen molar-refractivity contribution >= 4 is 15.9 Å². The fraction of sp³-hybridized carbons (Fsp3) is 0.385. The zero-order valence-electron chi connectivity index (χ0n) is 20.2. The van der Waals surface area contributed by atoms with Gasteiger partial charge in [-0.2, -0.15) is 14.6 Å². The Morgan fingerprint density at radius 3 is 2.51 bits per heavy atom. The van der Waals surface area contributed by atoms with E-state index in [1.807, 2.05) is 24.3 Å². The lowest BCUT2D eigenvalue weighted by Crippen LogP contribution is -2.35. The van der Waals surface area contributed by atoms with Gasteiger partial charge in [-0.25, -0.2) is 8.42 Å². The maximum atomic E-state index is 13.2. The van der Waals surface area contributed by atoms with E-state index < -0.39 is 10.0 Å². The normalized spacial score (nSPS) is 14.0. The van der Waals surface area contributed by atoms with Gasteiger partial charge in [0.2, 0.25) is 27.5 Å². The van der Waals surface area contributed by atoms with Crippen LogP contribution in [0.1, 0.15) is 37.1 Å². The highest BCUT2D eigenvalue weighted by Gasteiger charge is 2.28. The van der Waals surface area contributed by atoms with Crippen molar-refractivity contribution in [3.63, 3.8) is 0 Å². The largest absolute Gasteiger partial charge is 0.419 e. The minimum Gasteiger partial charge on any atom is -0.419 e. The summed E-state index contributed by atoms with van der Waals surface area (Å²) in [5.41, 5.74) is 3.04. The van der Waals surface area contributed by atoms with Crippen molar-refractivity contribution in [2.24, 2.45) is 0 Å². The molecule has 3 aromatic rings. The van der Waals surface area contributed by atoms with Gasteiger partial charge in [-0.05, 0) is 67.9 Å². The standard InChI is InChI=1S/C26H31N5O3S/c1-3-30(4-2)16-7-15-28-26-24(18-27)29-25(34-26)21-10-12-23(13-11-21)35(32,33)31-17-14-20-8-5-6-9-22(20)19-31/h5-6,8-13,28H,3-4,7,14-17,19H2,1-2H3. The summed E-state index contributed by atoms with van der Waals surface area (Å²) in [5.74, 6) is 0.620. The highest BCUT2D eigenvalue weighted by atomic mass is 32.2. The monoisotopic (exact) mass is 493 g/mol. The Morgan fingerprint density at radius 2 is 1.83 bits per heavy atom. The van der Waals surface area contributed by atoms with Crippen LogP contribution in [-0.4, -0.2) is 55.3 Å². The molecule has 0 unspecified atom stereocenters. The van der Waals surface area contributed by atoms with Crippen molar-refractivity contribution in [3.05, 3.63) is 65.4 Å². The van der Waals surface area contributed by atoms with Crippen molar-refractivity contribution in [1.82, 2.24) is 14.2 Å². The summed E-state index contributed by atoms with van der Waals surface area (Å²) in [6.07, 6.45) is 1.61. The van der Waals surface area contributed by atoms with Gasteiger partial charge in [0.05, 0.1) is 4.90 Å². The highest BCUT2D eigenvalue weighted by Crippen LogP contribution is 2.29. The first-order valence-corrected chi connectivity index (χ1v) is 13.4. The smallest absolute Gasteiger partial charge is 0.243 e.